The fourth-order valence-electron chi connectivity index (χ4n) is 3.05. The van der Waals surface area contributed by atoms with Crippen molar-refractivity contribution in [3.8, 4) is 0 Å². The van der Waals surface area contributed by atoms with Crippen LogP contribution < -0.4 is 0 Å². The van der Waals surface area contributed by atoms with Gasteiger partial charge in [-0.15, -0.1) is 0 Å². The normalized spacial score (nSPS) is 14.8. The highest BCUT2D eigenvalue weighted by molar-refractivity contribution is 5.94. The molecule has 22 heavy (non-hydrogen) atoms. The number of aryl methyl sites for hydroxylation is 1. The van der Waals surface area contributed by atoms with Gasteiger partial charge < -0.3 is 9.64 Å². The second-order valence-electron chi connectivity index (χ2n) is 5.86. The molecule has 1 aromatic carbocycles. The van der Waals surface area contributed by atoms with Crippen LogP contribution >= 0.6 is 0 Å². The van der Waals surface area contributed by atoms with Crippen LogP contribution in [-0.2, 0) is 9.53 Å². The van der Waals surface area contributed by atoms with Gasteiger partial charge in [0.25, 0.3) is 5.91 Å². The molecule has 0 saturated heterocycles. The van der Waals surface area contributed by atoms with Gasteiger partial charge in [-0.1, -0.05) is 30.5 Å². The summed E-state index contributed by atoms with van der Waals surface area (Å²) in [5.41, 5.74) is 1.78. The van der Waals surface area contributed by atoms with Gasteiger partial charge in [-0.3, -0.25) is 9.59 Å². The van der Waals surface area contributed by atoms with E-state index in [1.807, 2.05) is 36.1 Å². The Labute approximate surface area is 132 Å². The maximum Gasteiger partial charge on any atom is 0.307 e. The third kappa shape index (κ3) is 4.33. The largest absolute Gasteiger partial charge is 0.466 e. The van der Waals surface area contributed by atoms with Crippen LogP contribution in [0.3, 0.4) is 0 Å². The first-order valence-corrected chi connectivity index (χ1v) is 8.15. The molecule has 0 atom stereocenters. The number of amides is 1. The van der Waals surface area contributed by atoms with E-state index in [-0.39, 0.29) is 24.3 Å². The van der Waals surface area contributed by atoms with E-state index >= 15 is 0 Å². The van der Waals surface area contributed by atoms with Crippen molar-refractivity contribution in [3.05, 3.63) is 35.4 Å². The van der Waals surface area contributed by atoms with Gasteiger partial charge in [0.1, 0.15) is 0 Å². The number of carbonyl (C=O) groups excluding carboxylic acids is 2. The Bertz CT molecular complexity index is 521. The first-order chi connectivity index (χ1) is 10.6. The molecule has 1 aromatic rings. The standard InChI is InChI=1S/C18H25NO3/c1-3-22-17(20)11-12-19(16-9-4-5-10-16)18(21)15-8-6-7-14(2)13-15/h6-8,13,16H,3-5,9-12H2,1-2H3. The van der Waals surface area contributed by atoms with Gasteiger partial charge in [0.2, 0.25) is 0 Å². The van der Waals surface area contributed by atoms with Crippen LogP contribution in [0.1, 0.15) is 54.9 Å². The zero-order chi connectivity index (χ0) is 15.9. The van der Waals surface area contributed by atoms with Crippen LogP contribution in [0.25, 0.3) is 0 Å². The average molecular weight is 303 g/mol. The summed E-state index contributed by atoms with van der Waals surface area (Å²) < 4.78 is 4.98. The maximum atomic E-state index is 12.8. The van der Waals surface area contributed by atoms with Crippen molar-refractivity contribution in [1.29, 1.82) is 0 Å². The van der Waals surface area contributed by atoms with E-state index in [0.717, 1.165) is 31.2 Å². The van der Waals surface area contributed by atoms with Gasteiger partial charge in [-0.05, 0) is 38.8 Å². The lowest BCUT2D eigenvalue weighted by molar-refractivity contribution is -0.143. The van der Waals surface area contributed by atoms with Crippen molar-refractivity contribution in [2.24, 2.45) is 0 Å². The summed E-state index contributed by atoms with van der Waals surface area (Å²) in [4.78, 5) is 26.3. The lowest BCUT2D eigenvalue weighted by Gasteiger charge is -2.29. The smallest absolute Gasteiger partial charge is 0.307 e. The molecule has 120 valence electrons. The number of hydrogen-bond acceptors (Lipinski definition) is 3. The Hall–Kier alpha value is -1.84. The number of ether oxygens (including phenoxy) is 1. The lowest BCUT2D eigenvalue weighted by Crippen LogP contribution is -2.40. The van der Waals surface area contributed by atoms with E-state index in [9.17, 15) is 9.59 Å². The predicted octanol–water partition coefficient (Wildman–Crippen LogP) is 3.33. The summed E-state index contributed by atoms with van der Waals surface area (Å²) in [6, 6.07) is 7.90. The zero-order valence-corrected chi connectivity index (χ0v) is 13.5. The van der Waals surface area contributed by atoms with Crippen molar-refractivity contribution in [1.82, 2.24) is 4.90 Å². The minimum atomic E-state index is -0.234. The highest BCUT2D eigenvalue weighted by Crippen LogP contribution is 2.25. The van der Waals surface area contributed by atoms with Crippen molar-refractivity contribution in [2.75, 3.05) is 13.2 Å². The van der Waals surface area contributed by atoms with Gasteiger partial charge >= 0.3 is 5.97 Å². The first kappa shape index (κ1) is 16.5. The Morgan fingerprint density at radius 2 is 2.00 bits per heavy atom. The molecule has 2 rings (SSSR count). The molecule has 4 nitrogen and oxygen atoms in total. The Balaban J connectivity index is 2.09. The zero-order valence-electron chi connectivity index (χ0n) is 13.5. The Morgan fingerprint density at radius 3 is 2.64 bits per heavy atom. The van der Waals surface area contributed by atoms with E-state index < -0.39 is 0 Å². The molecule has 0 spiro atoms. The minimum absolute atomic E-state index is 0.0277. The third-order valence-electron chi connectivity index (χ3n) is 4.15. The number of rotatable bonds is 6. The average Bonchev–Trinajstić information content (AvgIpc) is 3.01. The minimum Gasteiger partial charge on any atom is -0.466 e. The molecule has 0 aliphatic heterocycles. The van der Waals surface area contributed by atoms with Crippen molar-refractivity contribution in [3.63, 3.8) is 0 Å². The van der Waals surface area contributed by atoms with Crippen molar-refractivity contribution >= 4 is 11.9 Å². The molecule has 0 radical (unpaired) electrons. The molecule has 1 saturated carbocycles. The van der Waals surface area contributed by atoms with E-state index in [1.165, 1.54) is 0 Å². The lowest BCUT2D eigenvalue weighted by atomic mass is 10.1. The summed E-state index contributed by atoms with van der Waals surface area (Å²) in [6.07, 6.45) is 4.63. The molecular weight excluding hydrogens is 278 g/mol. The molecule has 1 aliphatic rings. The second-order valence-corrected chi connectivity index (χ2v) is 5.86. The van der Waals surface area contributed by atoms with Crippen molar-refractivity contribution < 1.29 is 14.3 Å². The number of carbonyl (C=O) groups is 2. The molecule has 1 amide bonds. The number of benzene rings is 1. The van der Waals surface area contributed by atoms with E-state index in [0.29, 0.717) is 18.7 Å². The van der Waals surface area contributed by atoms with Gasteiger partial charge in [-0.25, -0.2) is 0 Å². The van der Waals surface area contributed by atoms with Crippen LogP contribution in [0.2, 0.25) is 0 Å². The summed E-state index contributed by atoms with van der Waals surface area (Å²) in [6.45, 7) is 4.60. The summed E-state index contributed by atoms with van der Waals surface area (Å²) in [7, 11) is 0. The molecule has 0 unspecified atom stereocenters. The Morgan fingerprint density at radius 1 is 1.27 bits per heavy atom. The van der Waals surface area contributed by atoms with Crippen molar-refractivity contribution in [2.45, 2.75) is 52.0 Å². The van der Waals surface area contributed by atoms with Gasteiger partial charge in [0, 0.05) is 18.2 Å². The molecule has 4 heteroatoms. The molecule has 0 aromatic heterocycles. The quantitative estimate of drug-likeness (QED) is 0.757. The van der Waals surface area contributed by atoms with Crippen LogP contribution in [0.4, 0.5) is 0 Å². The summed E-state index contributed by atoms with van der Waals surface area (Å²) in [5, 5.41) is 0. The monoisotopic (exact) mass is 303 g/mol. The van der Waals surface area contributed by atoms with E-state index in [4.69, 9.17) is 4.74 Å². The van der Waals surface area contributed by atoms with Crippen LogP contribution in [-0.4, -0.2) is 36.0 Å². The molecule has 0 bridgehead atoms. The second kappa shape index (κ2) is 7.97. The summed E-state index contributed by atoms with van der Waals surface area (Å²) in [5.74, 6) is -0.206. The highest BCUT2D eigenvalue weighted by atomic mass is 16.5. The molecule has 1 aliphatic carbocycles. The third-order valence-corrected chi connectivity index (χ3v) is 4.15. The molecule has 0 N–H and O–H groups in total. The Kier molecular flexibility index (Phi) is 5.99. The first-order valence-electron chi connectivity index (χ1n) is 8.15. The fourth-order valence-corrected chi connectivity index (χ4v) is 3.05. The topological polar surface area (TPSA) is 46.6 Å². The molecule has 0 heterocycles. The van der Waals surface area contributed by atoms with Crippen LogP contribution in [0, 0.1) is 6.92 Å². The van der Waals surface area contributed by atoms with E-state index in [2.05, 4.69) is 0 Å². The van der Waals surface area contributed by atoms with E-state index in [1.54, 1.807) is 6.92 Å². The SMILES string of the molecule is CCOC(=O)CCN(C(=O)c1cccc(C)c1)C1CCCC1. The maximum absolute atomic E-state index is 12.8. The van der Waals surface area contributed by atoms with Gasteiger partial charge in [-0.2, -0.15) is 0 Å². The number of esters is 1. The highest BCUT2D eigenvalue weighted by Gasteiger charge is 2.27. The number of nitrogens with zero attached hydrogens (tertiary/aromatic N) is 1. The van der Waals surface area contributed by atoms with Gasteiger partial charge in [0.05, 0.1) is 13.0 Å². The fraction of sp³-hybridized carbons (Fsp3) is 0.556. The summed E-state index contributed by atoms with van der Waals surface area (Å²) >= 11 is 0. The van der Waals surface area contributed by atoms with Crippen LogP contribution in [0.15, 0.2) is 24.3 Å². The molecular formula is C18H25NO3. The molecule has 1 fully saturated rings. The predicted molar refractivity (Wildman–Crippen MR) is 85.7 cm³/mol. The van der Waals surface area contributed by atoms with Crippen LogP contribution in [0.5, 0.6) is 0 Å². The number of hydrogen-bond donors (Lipinski definition) is 0. The van der Waals surface area contributed by atoms with Gasteiger partial charge in [0.15, 0.2) is 0 Å².